The van der Waals surface area contributed by atoms with Crippen molar-refractivity contribution in [2.24, 2.45) is 0 Å². The third-order valence-corrected chi connectivity index (χ3v) is 3.95. The van der Waals surface area contributed by atoms with Gasteiger partial charge >= 0.3 is 0 Å². The summed E-state index contributed by atoms with van der Waals surface area (Å²) in [6, 6.07) is 4.62. The molecule has 0 N–H and O–H groups in total. The van der Waals surface area contributed by atoms with E-state index in [2.05, 4.69) is 9.97 Å². The van der Waals surface area contributed by atoms with Crippen LogP contribution in [0.1, 0.15) is 0 Å². The molecule has 0 aliphatic carbocycles. The normalized spacial score (nSPS) is 10.7. The van der Waals surface area contributed by atoms with Gasteiger partial charge in [0.1, 0.15) is 20.2 Å². The molecule has 2 aromatic heterocycles. The Balaban J connectivity index is 0. The number of rotatable bonds is 3. The van der Waals surface area contributed by atoms with Gasteiger partial charge in [-0.1, -0.05) is 0 Å². The van der Waals surface area contributed by atoms with Crippen molar-refractivity contribution in [3.05, 3.63) is 36.7 Å². The van der Waals surface area contributed by atoms with Crippen molar-refractivity contribution in [2.45, 2.75) is 9.79 Å². The Labute approximate surface area is 218 Å². The Morgan fingerprint density at radius 1 is 0.696 bits per heavy atom. The first-order valence-corrected chi connectivity index (χ1v) is 7.84. The molecule has 0 aliphatic rings. The van der Waals surface area contributed by atoms with Gasteiger partial charge in [0.05, 0.1) is 21.2 Å². The van der Waals surface area contributed by atoms with Crippen LogP contribution in [0.4, 0.5) is 0 Å². The second kappa shape index (κ2) is 10.7. The topological polar surface area (TPSA) is 140 Å². The molecule has 0 unspecified atom stereocenters. The van der Waals surface area contributed by atoms with E-state index in [1.165, 1.54) is 12.1 Å². The Bertz CT molecular complexity index is 768. The van der Waals surface area contributed by atoms with Crippen molar-refractivity contribution in [3.8, 4) is 11.4 Å². The molecule has 2 aromatic rings. The number of hydrogen-bond donors (Lipinski definition) is 0. The van der Waals surface area contributed by atoms with E-state index < -0.39 is 30.0 Å². The quantitative estimate of drug-likeness (QED) is 0.309. The molecule has 0 spiro atoms. The van der Waals surface area contributed by atoms with Gasteiger partial charge in [-0.25, -0.2) is 16.8 Å². The molecule has 0 amide bonds. The van der Waals surface area contributed by atoms with Crippen molar-refractivity contribution < 1.29 is 134 Å². The van der Waals surface area contributed by atoms with Gasteiger partial charge in [0, 0.05) is 121 Å². The number of hydrogen-bond acceptors (Lipinski definition) is 8. The summed E-state index contributed by atoms with van der Waals surface area (Å²) >= 11 is 0. The van der Waals surface area contributed by atoms with Crippen molar-refractivity contribution in [3.63, 3.8) is 0 Å². The van der Waals surface area contributed by atoms with Crippen LogP contribution in [0.2, 0.25) is 0 Å². The number of aromatic nitrogens is 2. The van der Waals surface area contributed by atoms with Crippen LogP contribution in [-0.2, 0) is 40.7 Å². The Kier molecular flexibility index (Phi) is 12.5. The van der Waals surface area contributed by atoms with Crippen LogP contribution in [0, 0.1) is 88.1 Å². The fraction of sp³-hybridized carbons (Fsp3) is 0. The first-order chi connectivity index (χ1) is 9.18. The molecule has 0 atom stereocenters. The molecule has 13 heteroatoms. The second-order valence-corrected chi connectivity index (χ2v) is 6.43. The maximum Gasteiger partial charge on any atom is 0.125 e. The van der Waals surface area contributed by atoms with Crippen molar-refractivity contribution in [2.75, 3.05) is 0 Å². The predicted molar refractivity (Wildman–Crippen MR) is 63.4 cm³/mol. The van der Waals surface area contributed by atoms with Crippen molar-refractivity contribution in [1.82, 2.24) is 9.97 Å². The molecule has 0 aromatic carbocycles. The molecule has 2 rings (SSSR count). The van der Waals surface area contributed by atoms with Gasteiger partial charge in [-0.2, -0.15) is 0 Å². The van der Waals surface area contributed by atoms with Crippen LogP contribution >= 0.6 is 0 Å². The molecule has 0 saturated carbocycles. The molecule has 0 saturated heterocycles. The van der Waals surface area contributed by atoms with E-state index in [0.29, 0.717) is 0 Å². The minimum atomic E-state index is -4.58. The minimum absolute atomic E-state index is 0. The van der Waals surface area contributed by atoms with Gasteiger partial charge < -0.3 is 9.11 Å². The van der Waals surface area contributed by atoms with Crippen molar-refractivity contribution in [1.29, 1.82) is 0 Å². The zero-order valence-corrected chi connectivity index (χ0v) is 23.8. The minimum Gasteiger partial charge on any atom is -0.744 e. The van der Waals surface area contributed by atoms with E-state index in [0.717, 1.165) is 24.5 Å². The number of pyridine rings is 2. The van der Waals surface area contributed by atoms with Crippen LogP contribution in [0.5, 0.6) is 0 Å². The summed E-state index contributed by atoms with van der Waals surface area (Å²) in [6.45, 7) is 0. The Morgan fingerprint density at radius 3 is 1.17 bits per heavy atom. The molecule has 0 fully saturated rings. The molecule has 0 bridgehead atoms. The molecule has 2 radical (unpaired) electrons. The summed E-state index contributed by atoms with van der Waals surface area (Å²) in [5, 5.41) is 0. The van der Waals surface area contributed by atoms with Gasteiger partial charge in [-0.15, -0.1) is 0 Å². The third-order valence-electron chi connectivity index (χ3n) is 2.31. The summed E-state index contributed by atoms with van der Waals surface area (Å²) < 4.78 is 64.3. The van der Waals surface area contributed by atoms with Crippen LogP contribution in [-0.4, -0.2) is 35.9 Å². The molecule has 8 nitrogen and oxygen atoms in total. The monoisotopic (exact) mass is 874 g/mol. The molecular weight excluding hydrogens is 869 g/mol. The fourth-order valence-corrected chi connectivity index (χ4v) is 2.19. The van der Waals surface area contributed by atoms with E-state index in [-0.39, 0.29) is 120 Å². The van der Waals surface area contributed by atoms with Crippen LogP contribution in [0.25, 0.3) is 11.4 Å². The van der Waals surface area contributed by atoms with E-state index >= 15 is 0 Å². The van der Waals surface area contributed by atoms with Gasteiger partial charge in [-0.05, 0) is 24.3 Å². The maximum atomic E-state index is 10.7. The summed E-state index contributed by atoms with van der Waals surface area (Å²) in [5.74, 6) is 0. The second-order valence-electron chi connectivity index (χ2n) is 3.67. The van der Waals surface area contributed by atoms with Gasteiger partial charge in [0.2, 0.25) is 0 Å². The van der Waals surface area contributed by atoms with Crippen LogP contribution in [0.15, 0.2) is 46.5 Å². The first kappa shape index (κ1) is 26.9. The molecule has 122 valence electrons. The zero-order chi connectivity index (χ0) is 15.0. The average molecular weight is 875 g/mol. The summed E-state index contributed by atoms with van der Waals surface area (Å²) in [7, 11) is -9.16. The molecule has 23 heavy (non-hydrogen) atoms. The van der Waals surface area contributed by atoms with E-state index in [9.17, 15) is 25.9 Å². The average Bonchev–Trinajstić information content (AvgIpc) is 2.37. The fourth-order valence-electron chi connectivity index (χ4n) is 1.36. The van der Waals surface area contributed by atoms with Crippen LogP contribution in [0.3, 0.4) is 0 Å². The maximum absolute atomic E-state index is 10.7. The van der Waals surface area contributed by atoms with E-state index in [1.54, 1.807) is 0 Å². The van der Waals surface area contributed by atoms with Crippen LogP contribution < -0.4 is 0 Å². The molecule has 0 aliphatic heterocycles. The summed E-state index contributed by atoms with van der Waals surface area (Å²) in [4.78, 5) is 6.50. The molecular formula is C10H6Ac2N2O6PdS2-2. The summed E-state index contributed by atoms with van der Waals surface area (Å²) in [5.41, 5.74) is 0.458. The van der Waals surface area contributed by atoms with Gasteiger partial charge in [0.15, 0.2) is 0 Å². The Hall–Kier alpha value is 1.67. The summed E-state index contributed by atoms with van der Waals surface area (Å²) in [6.07, 6.45) is 1.75. The largest absolute Gasteiger partial charge is 0.744 e. The van der Waals surface area contributed by atoms with E-state index in [4.69, 9.17) is 0 Å². The standard InChI is InChI=1S/C10H8N2O6S2.2Ac.Pd/c13-19(14,15)7-1-3-9(11-5-7)10-4-2-8(6-12-10)20(16,17)18;;;/h1-6H,(H,13,14,15)(H,16,17,18);;;/p-2. The third kappa shape index (κ3) is 7.83. The SMILES string of the molecule is O=S(=O)([O-])c1ccc(-c2ccc(S(=O)(=O)[O-])cn2)nc1.[Ac].[Ac].[Pd]. The Morgan fingerprint density at radius 2 is 1.00 bits per heavy atom. The zero-order valence-electron chi connectivity index (χ0n) is 11.1. The van der Waals surface area contributed by atoms with Crippen molar-refractivity contribution >= 4 is 20.2 Å². The number of nitrogens with zero attached hydrogens (tertiary/aromatic N) is 2. The smallest absolute Gasteiger partial charge is 0.125 e. The van der Waals surface area contributed by atoms with Gasteiger partial charge in [-0.3, -0.25) is 9.97 Å². The molecule has 2 heterocycles. The van der Waals surface area contributed by atoms with E-state index in [1.807, 2.05) is 0 Å². The first-order valence-electron chi connectivity index (χ1n) is 5.02. The predicted octanol–water partition coefficient (Wildman–Crippen LogP) is -0.0507. The van der Waals surface area contributed by atoms with Gasteiger partial charge in [0.25, 0.3) is 0 Å².